The Balaban J connectivity index is 1.75. The van der Waals surface area contributed by atoms with Crippen LogP contribution >= 0.6 is 0 Å². The highest BCUT2D eigenvalue weighted by atomic mass is 16.6. The van der Waals surface area contributed by atoms with E-state index in [1.54, 1.807) is 39.0 Å². The topological polar surface area (TPSA) is 106 Å². The van der Waals surface area contributed by atoms with E-state index in [2.05, 4.69) is 16.0 Å². The van der Waals surface area contributed by atoms with Crippen LogP contribution in [0.2, 0.25) is 0 Å². The van der Waals surface area contributed by atoms with Crippen molar-refractivity contribution in [3.8, 4) is 5.75 Å². The SMILES string of the molecule is Cc1cccc(OCC(=O)NCc2cccc(NC(=O)CCNC(=O)OC(C)(C)C)c2)c1C. The van der Waals surface area contributed by atoms with E-state index in [1.807, 2.05) is 38.1 Å². The van der Waals surface area contributed by atoms with Gasteiger partial charge in [0.05, 0.1) is 0 Å². The molecule has 0 radical (unpaired) electrons. The number of aryl methyl sites for hydroxylation is 1. The highest BCUT2D eigenvalue weighted by Crippen LogP contribution is 2.20. The molecule has 0 aliphatic carbocycles. The molecule has 0 aliphatic rings. The third-order valence-electron chi connectivity index (χ3n) is 4.63. The number of hydrogen-bond acceptors (Lipinski definition) is 5. The number of anilines is 1. The lowest BCUT2D eigenvalue weighted by Crippen LogP contribution is -2.34. The fraction of sp³-hybridized carbons (Fsp3) is 0.400. The number of nitrogens with one attached hydrogen (secondary N) is 3. The fourth-order valence-corrected chi connectivity index (χ4v) is 2.85. The predicted molar refractivity (Wildman–Crippen MR) is 127 cm³/mol. The third-order valence-corrected chi connectivity index (χ3v) is 4.63. The Kier molecular flexibility index (Phi) is 9.27. The van der Waals surface area contributed by atoms with Crippen LogP contribution in [0.5, 0.6) is 5.75 Å². The second-order valence-electron chi connectivity index (χ2n) is 8.69. The Morgan fingerprint density at radius 2 is 1.67 bits per heavy atom. The monoisotopic (exact) mass is 455 g/mol. The zero-order valence-corrected chi connectivity index (χ0v) is 19.9. The lowest BCUT2D eigenvalue weighted by Gasteiger charge is -2.19. The van der Waals surface area contributed by atoms with Crippen molar-refractivity contribution in [3.05, 3.63) is 59.2 Å². The van der Waals surface area contributed by atoms with Crippen molar-refractivity contribution in [3.63, 3.8) is 0 Å². The summed E-state index contributed by atoms with van der Waals surface area (Å²) in [5.41, 5.74) is 2.96. The van der Waals surface area contributed by atoms with Crippen molar-refractivity contribution in [2.45, 2.75) is 53.2 Å². The minimum absolute atomic E-state index is 0.0780. The van der Waals surface area contributed by atoms with E-state index in [1.165, 1.54) is 0 Å². The number of benzene rings is 2. The van der Waals surface area contributed by atoms with Crippen molar-refractivity contribution >= 4 is 23.6 Å². The summed E-state index contributed by atoms with van der Waals surface area (Å²) in [4.78, 5) is 35.9. The summed E-state index contributed by atoms with van der Waals surface area (Å²) in [6, 6.07) is 12.9. The first-order valence-electron chi connectivity index (χ1n) is 10.8. The van der Waals surface area contributed by atoms with Crippen LogP contribution in [0.4, 0.5) is 10.5 Å². The van der Waals surface area contributed by atoms with Crippen LogP contribution < -0.4 is 20.7 Å². The maximum Gasteiger partial charge on any atom is 0.407 e. The molecule has 0 saturated heterocycles. The predicted octanol–water partition coefficient (Wildman–Crippen LogP) is 3.85. The van der Waals surface area contributed by atoms with Gasteiger partial charge in [-0.05, 0) is 69.5 Å². The summed E-state index contributed by atoms with van der Waals surface area (Å²) < 4.78 is 10.7. The van der Waals surface area contributed by atoms with Gasteiger partial charge in [0.15, 0.2) is 6.61 Å². The van der Waals surface area contributed by atoms with Crippen molar-refractivity contribution in [1.29, 1.82) is 0 Å². The van der Waals surface area contributed by atoms with Crippen molar-refractivity contribution in [2.75, 3.05) is 18.5 Å². The van der Waals surface area contributed by atoms with E-state index < -0.39 is 11.7 Å². The molecule has 178 valence electrons. The molecule has 2 aromatic rings. The average molecular weight is 456 g/mol. The molecule has 0 aliphatic heterocycles. The van der Waals surface area contributed by atoms with Crippen molar-refractivity contribution in [1.82, 2.24) is 10.6 Å². The minimum Gasteiger partial charge on any atom is -0.483 e. The van der Waals surface area contributed by atoms with Gasteiger partial charge in [-0.1, -0.05) is 24.3 Å². The lowest BCUT2D eigenvalue weighted by atomic mass is 10.1. The first kappa shape index (κ1) is 25.7. The highest BCUT2D eigenvalue weighted by Gasteiger charge is 2.16. The second kappa shape index (κ2) is 11.9. The summed E-state index contributed by atoms with van der Waals surface area (Å²) in [5, 5.41) is 8.14. The number of ether oxygens (including phenoxy) is 2. The Hall–Kier alpha value is -3.55. The van der Waals surface area contributed by atoms with E-state index in [0.717, 1.165) is 16.7 Å². The van der Waals surface area contributed by atoms with Gasteiger partial charge in [0.1, 0.15) is 11.4 Å². The molecule has 8 heteroatoms. The molecule has 0 atom stereocenters. The molecule has 33 heavy (non-hydrogen) atoms. The van der Waals surface area contributed by atoms with Crippen LogP contribution in [0.25, 0.3) is 0 Å². The quantitative estimate of drug-likeness (QED) is 0.533. The van der Waals surface area contributed by atoms with Crippen LogP contribution in [0.15, 0.2) is 42.5 Å². The summed E-state index contributed by atoms with van der Waals surface area (Å²) >= 11 is 0. The molecule has 0 aromatic heterocycles. The molecule has 8 nitrogen and oxygen atoms in total. The molecule has 0 saturated carbocycles. The summed E-state index contributed by atoms with van der Waals surface area (Å²) in [5.74, 6) is 0.212. The number of rotatable bonds is 9. The van der Waals surface area contributed by atoms with E-state index in [9.17, 15) is 14.4 Å². The Bertz CT molecular complexity index is 982. The molecule has 3 amide bonds. The molecule has 0 bridgehead atoms. The van der Waals surface area contributed by atoms with Gasteiger partial charge in [0.25, 0.3) is 5.91 Å². The Labute approximate surface area is 195 Å². The molecular formula is C25H33N3O5. The summed E-state index contributed by atoms with van der Waals surface area (Å²) in [7, 11) is 0. The number of amides is 3. The Morgan fingerprint density at radius 1 is 0.939 bits per heavy atom. The van der Waals surface area contributed by atoms with Gasteiger partial charge in [-0.2, -0.15) is 0 Å². The normalized spacial score (nSPS) is 10.8. The standard InChI is InChI=1S/C25H33N3O5/c1-17-8-6-11-21(18(17)2)32-16-23(30)27-15-19-9-7-10-20(14-19)28-22(29)12-13-26-24(31)33-25(3,4)5/h6-11,14H,12-13,15-16H2,1-5H3,(H,26,31)(H,27,30)(H,28,29). The van der Waals surface area contributed by atoms with Crippen LogP contribution in [0.1, 0.15) is 43.9 Å². The van der Waals surface area contributed by atoms with E-state index in [0.29, 0.717) is 18.0 Å². The molecule has 0 unspecified atom stereocenters. The Morgan fingerprint density at radius 3 is 2.39 bits per heavy atom. The van der Waals surface area contributed by atoms with Gasteiger partial charge in [0.2, 0.25) is 5.91 Å². The lowest BCUT2D eigenvalue weighted by molar-refractivity contribution is -0.123. The zero-order chi connectivity index (χ0) is 24.4. The van der Waals surface area contributed by atoms with Gasteiger partial charge in [-0.25, -0.2) is 4.79 Å². The highest BCUT2D eigenvalue weighted by molar-refractivity contribution is 5.91. The third kappa shape index (κ3) is 9.64. The number of hydrogen-bond donors (Lipinski definition) is 3. The fourth-order valence-electron chi connectivity index (χ4n) is 2.85. The van der Waals surface area contributed by atoms with Gasteiger partial charge >= 0.3 is 6.09 Å². The largest absolute Gasteiger partial charge is 0.483 e. The zero-order valence-electron chi connectivity index (χ0n) is 19.9. The molecule has 2 rings (SSSR count). The minimum atomic E-state index is -0.589. The van der Waals surface area contributed by atoms with Crippen molar-refractivity contribution in [2.24, 2.45) is 0 Å². The van der Waals surface area contributed by atoms with Gasteiger partial charge in [-0.15, -0.1) is 0 Å². The van der Waals surface area contributed by atoms with E-state index >= 15 is 0 Å². The first-order valence-corrected chi connectivity index (χ1v) is 10.8. The average Bonchev–Trinajstić information content (AvgIpc) is 2.72. The number of alkyl carbamates (subject to hydrolysis) is 1. The maximum atomic E-state index is 12.2. The van der Waals surface area contributed by atoms with E-state index in [-0.39, 0.29) is 31.4 Å². The molecule has 0 heterocycles. The van der Waals surface area contributed by atoms with Crippen LogP contribution in [-0.2, 0) is 20.9 Å². The molecular weight excluding hydrogens is 422 g/mol. The van der Waals surface area contributed by atoms with Crippen LogP contribution in [-0.4, -0.2) is 36.7 Å². The molecule has 0 spiro atoms. The summed E-state index contributed by atoms with van der Waals surface area (Å²) in [6.45, 7) is 9.65. The smallest absolute Gasteiger partial charge is 0.407 e. The van der Waals surface area contributed by atoms with Gasteiger partial charge in [0, 0.05) is 25.2 Å². The van der Waals surface area contributed by atoms with Crippen molar-refractivity contribution < 1.29 is 23.9 Å². The maximum absolute atomic E-state index is 12.2. The van der Waals surface area contributed by atoms with E-state index in [4.69, 9.17) is 9.47 Å². The number of carbonyl (C=O) groups is 3. The second-order valence-corrected chi connectivity index (χ2v) is 8.69. The van der Waals surface area contributed by atoms with Crippen LogP contribution in [0, 0.1) is 13.8 Å². The summed E-state index contributed by atoms with van der Waals surface area (Å²) in [6.07, 6.45) is -0.454. The van der Waals surface area contributed by atoms with Crippen LogP contribution in [0.3, 0.4) is 0 Å². The first-order chi connectivity index (χ1) is 15.5. The molecule has 3 N–H and O–H groups in total. The molecule has 2 aromatic carbocycles. The van der Waals surface area contributed by atoms with Gasteiger partial charge < -0.3 is 25.4 Å². The number of carbonyl (C=O) groups excluding carboxylic acids is 3. The van der Waals surface area contributed by atoms with Gasteiger partial charge in [-0.3, -0.25) is 9.59 Å². The molecule has 0 fully saturated rings.